The lowest BCUT2D eigenvalue weighted by molar-refractivity contribution is 0.460. The van der Waals surface area contributed by atoms with E-state index in [4.69, 9.17) is 33.4 Å². The smallest absolute Gasteiger partial charge is 0.251 e. The number of unbranched alkanes of at least 4 members (excludes halogenated alkanes) is 1. The van der Waals surface area contributed by atoms with Gasteiger partial charge in [-0.15, -0.1) is 0 Å². The number of hydrazone groups is 1. The van der Waals surface area contributed by atoms with Gasteiger partial charge >= 0.3 is 0 Å². The Morgan fingerprint density at radius 3 is 2.15 bits per heavy atom. The minimum atomic E-state index is -4.03. The third kappa shape index (κ3) is 8.02. The number of nitrogens with zero attached hydrogens (tertiary/aromatic N) is 3. The highest BCUT2D eigenvalue weighted by Crippen LogP contribution is 2.29. The average molecular weight is 609 g/mol. The number of benzene rings is 3. The molecule has 9 nitrogen and oxygen atoms in total. The van der Waals surface area contributed by atoms with Crippen molar-refractivity contribution in [3.8, 4) is 0 Å². The maximum absolute atomic E-state index is 13.3. The summed E-state index contributed by atoms with van der Waals surface area (Å²) >= 11 is 12.0. The quantitative estimate of drug-likeness (QED) is 0.213. The van der Waals surface area contributed by atoms with Crippen molar-refractivity contribution in [1.82, 2.24) is 9.73 Å². The highest BCUT2D eigenvalue weighted by molar-refractivity contribution is 7.90. The molecule has 206 valence electrons. The average Bonchev–Trinajstić information content (AvgIpc) is 3.34. The van der Waals surface area contributed by atoms with E-state index in [1.54, 1.807) is 12.1 Å². The van der Waals surface area contributed by atoms with Crippen LogP contribution >= 0.6 is 23.2 Å². The Morgan fingerprint density at radius 1 is 0.923 bits per heavy atom. The molecule has 3 aromatic rings. The Labute approximate surface area is 238 Å². The molecule has 1 atom stereocenters. The number of hydrogen-bond donors (Lipinski definition) is 2. The van der Waals surface area contributed by atoms with Crippen molar-refractivity contribution >= 4 is 54.9 Å². The van der Waals surface area contributed by atoms with Gasteiger partial charge in [0.15, 0.2) is 0 Å². The molecule has 0 unspecified atom stereocenters. The Bertz CT molecular complexity index is 1560. The standard InChI is InChI=1S/C26H27Cl2N5O4S2/c27-21-10-8-20(9-11-21)25-24(19-6-2-1-3-7-19)18-33(31-25)26(30-16-4-5-17-38(29,34)35)32-39(36,37)23-14-12-22(28)13-15-23/h1-3,6-15,24H,4-5,16-18H2,(H,30,32)(H2,29,34,35)/t24-/m1/s1. The number of hydrogen-bond acceptors (Lipinski definition) is 6. The van der Waals surface area contributed by atoms with Crippen LogP contribution in [-0.2, 0) is 20.0 Å². The summed E-state index contributed by atoms with van der Waals surface area (Å²) in [5, 5.41) is 12.4. The van der Waals surface area contributed by atoms with Crippen molar-refractivity contribution in [1.29, 1.82) is 0 Å². The molecule has 0 fully saturated rings. The molecule has 3 N–H and O–H groups in total. The summed E-state index contributed by atoms with van der Waals surface area (Å²) in [7, 11) is -7.63. The normalized spacial score (nSPS) is 16.3. The molecule has 0 saturated heterocycles. The summed E-state index contributed by atoms with van der Waals surface area (Å²) in [6, 6.07) is 22.8. The van der Waals surface area contributed by atoms with E-state index < -0.39 is 20.0 Å². The minimum absolute atomic E-state index is 0.00883. The zero-order valence-electron chi connectivity index (χ0n) is 20.7. The maximum Gasteiger partial charge on any atom is 0.264 e. The first kappa shape index (κ1) is 29.0. The largest absolute Gasteiger partial charge is 0.264 e. The van der Waals surface area contributed by atoms with E-state index in [-0.39, 0.29) is 35.5 Å². The zero-order valence-corrected chi connectivity index (χ0v) is 23.9. The molecule has 4 rings (SSSR count). The van der Waals surface area contributed by atoms with E-state index in [1.165, 1.54) is 29.3 Å². The third-order valence-corrected chi connectivity index (χ3v) is 8.65. The summed E-state index contributed by atoms with van der Waals surface area (Å²) in [5.41, 5.74) is 2.57. The topological polar surface area (TPSA) is 134 Å². The van der Waals surface area contributed by atoms with Crippen LogP contribution < -0.4 is 9.86 Å². The molecule has 0 aromatic heterocycles. The number of aliphatic imine (C=N–C) groups is 1. The second-order valence-corrected chi connectivity index (χ2v) is 13.2. The van der Waals surface area contributed by atoms with Crippen LogP contribution in [0.2, 0.25) is 10.0 Å². The molecular weight excluding hydrogens is 581 g/mol. The van der Waals surface area contributed by atoms with Crippen molar-refractivity contribution in [2.45, 2.75) is 23.7 Å². The monoisotopic (exact) mass is 607 g/mol. The van der Waals surface area contributed by atoms with Gasteiger partial charge in [0.2, 0.25) is 16.0 Å². The van der Waals surface area contributed by atoms with Crippen LogP contribution in [-0.4, -0.2) is 52.4 Å². The number of nitrogens with one attached hydrogen (secondary N) is 1. The van der Waals surface area contributed by atoms with Crippen LogP contribution in [0.4, 0.5) is 0 Å². The Balaban J connectivity index is 1.68. The second-order valence-electron chi connectivity index (χ2n) is 8.88. The van der Waals surface area contributed by atoms with Gasteiger partial charge in [0, 0.05) is 22.5 Å². The molecule has 1 aliphatic heterocycles. The lowest BCUT2D eigenvalue weighted by atomic mass is 9.91. The molecular formula is C26H27Cl2N5O4S2. The fourth-order valence-corrected chi connectivity index (χ4v) is 5.90. The van der Waals surface area contributed by atoms with Gasteiger partial charge < -0.3 is 0 Å². The molecule has 13 heteroatoms. The van der Waals surface area contributed by atoms with Gasteiger partial charge in [-0.2, -0.15) is 5.10 Å². The molecule has 0 saturated carbocycles. The Morgan fingerprint density at radius 2 is 1.54 bits per heavy atom. The van der Waals surface area contributed by atoms with Crippen molar-refractivity contribution in [3.63, 3.8) is 0 Å². The highest BCUT2D eigenvalue weighted by atomic mass is 35.5. The first-order chi connectivity index (χ1) is 18.5. The lowest BCUT2D eigenvalue weighted by Crippen LogP contribution is -2.41. The summed E-state index contributed by atoms with van der Waals surface area (Å²) < 4.78 is 51.6. The summed E-state index contributed by atoms with van der Waals surface area (Å²) in [4.78, 5) is 4.50. The van der Waals surface area contributed by atoms with Gasteiger partial charge in [0.25, 0.3) is 10.0 Å². The maximum atomic E-state index is 13.3. The Kier molecular flexibility index (Phi) is 9.29. The lowest BCUT2D eigenvalue weighted by Gasteiger charge is -2.20. The second kappa shape index (κ2) is 12.5. The molecule has 0 aliphatic carbocycles. The van der Waals surface area contributed by atoms with Gasteiger partial charge in [-0.1, -0.05) is 65.7 Å². The molecule has 1 heterocycles. The van der Waals surface area contributed by atoms with E-state index in [0.29, 0.717) is 23.0 Å². The van der Waals surface area contributed by atoms with Crippen LogP contribution in [0, 0.1) is 0 Å². The van der Waals surface area contributed by atoms with E-state index in [9.17, 15) is 16.8 Å². The molecule has 0 amide bonds. The third-order valence-electron chi connectivity index (χ3n) is 5.95. The first-order valence-corrected chi connectivity index (χ1v) is 16.0. The number of halogens is 2. The molecule has 0 spiro atoms. The van der Waals surface area contributed by atoms with Crippen LogP contribution in [0.5, 0.6) is 0 Å². The van der Waals surface area contributed by atoms with Crippen molar-refractivity contribution in [3.05, 3.63) is 100 Å². The van der Waals surface area contributed by atoms with Crippen molar-refractivity contribution in [2.24, 2.45) is 15.2 Å². The van der Waals surface area contributed by atoms with Gasteiger partial charge in [-0.25, -0.2) is 31.7 Å². The van der Waals surface area contributed by atoms with Gasteiger partial charge in [-0.05, 0) is 60.4 Å². The highest BCUT2D eigenvalue weighted by Gasteiger charge is 2.33. The SMILES string of the molecule is NS(=O)(=O)CCCC/N=C(/NS(=O)(=O)c1ccc(Cl)cc1)N1C[C@H](c2ccccc2)C(c2ccc(Cl)cc2)=N1. The molecule has 0 bridgehead atoms. The van der Waals surface area contributed by atoms with Crippen LogP contribution in [0.3, 0.4) is 0 Å². The van der Waals surface area contributed by atoms with Gasteiger partial charge in [0.05, 0.1) is 22.9 Å². The van der Waals surface area contributed by atoms with E-state index in [2.05, 4.69) is 9.71 Å². The number of rotatable bonds is 9. The fourth-order valence-electron chi connectivity index (χ4n) is 4.02. The number of nitrogens with two attached hydrogens (primary N) is 1. The van der Waals surface area contributed by atoms with Crippen LogP contribution in [0.25, 0.3) is 0 Å². The van der Waals surface area contributed by atoms with E-state index >= 15 is 0 Å². The Hall–Kier alpha value is -2.96. The van der Waals surface area contributed by atoms with Gasteiger partial charge in [0.1, 0.15) is 0 Å². The van der Waals surface area contributed by atoms with Crippen molar-refractivity contribution < 1.29 is 16.8 Å². The summed E-state index contributed by atoms with van der Waals surface area (Å²) in [6.07, 6.45) is 0.664. The molecule has 39 heavy (non-hydrogen) atoms. The molecule has 1 aliphatic rings. The van der Waals surface area contributed by atoms with E-state index in [0.717, 1.165) is 16.8 Å². The number of sulfonamides is 2. The minimum Gasteiger partial charge on any atom is -0.251 e. The predicted molar refractivity (Wildman–Crippen MR) is 155 cm³/mol. The number of primary sulfonamides is 1. The van der Waals surface area contributed by atoms with E-state index in [1.807, 2.05) is 42.5 Å². The summed E-state index contributed by atoms with van der Waals surface area (Å²) in [5.74, 6) is -0.349. The first-order valence-electron chi connectivity index (χ1n) is 12.0. The molecule has 3 aromatic carbocycles. The van der Waals surface area contributed by atoms with Crippen LogP contribution in [0.1, 0.15) is 29.9 Å². The summed E-state index contributed by atoms with van der Waals surface area (Å²) in [6.45, 7) is 0.480. The van der Waals surface area contributed by atoms with Gasteiger partial charge in [-0.3, -0.25) is 4.99 Å². The van der Waals surface area contributed by atoms with Crippen LogP contribution in [0.15, 0.2) is 93.9 Å². The zero-order chi connectivity index (χ0) is 28.0. The molecule has 0 radical (unpaired) electrons. The van der Waals surface area contributed by atoms with Crippen molar-refractivity contribution in [2.75, 3.05) is 18.8 Å². The number of guanidine groups is 1. The predicted octanol–water partition coefficient (Wildman–Crippen LogP) is 4.20. The fraction of sp³-hybridized carbons (Fsp3) is 0.231.